The first-order valence-corrected chi connectivity index (χ1v) is 11.9. The van der Waals surface area contributed by atoms with Gasteiger partial charge in [0.2, 0.25) is 10.0 Å². The Balaban J connectivity index is 1.61. The van der Waals surface area contributed by atoms with Crippen LogP contribution in [0.2, 0.25) is 0 Å². The molecule has 144 valence electrons. The number of rotatable bonds is 6. The zero-order valence-corrected chi connectivity index (χ0v) is 16.9. The number of amides is 1. The third-order valence-electron chi connectivity index (χ3n) is 4.73. The minimum absolute atomic E-state index is 0.00348. The van der Waals surface area contributed by atoms with E-state index < -0.39 is 16.1 Å². The van der Waals surface area contributed by atoms with Gasteiger partial charge < -0.3 is 10.1 Å². The molecule has 0 aromatic heterocycles. The number of anilines is 1. The van der Waals surface area contributed by atoms with Crippen molar-refractivity contribution < 1.29 is 17.9 Å². The lowest BCUT2D eigenvalue weighted by molar-refractivity contribution is -0.127. The minimum atomic E-state index is -3.49. The van der Waals surface area contributed by atoms with E-state index in [1.165, 1.54) is 30.0 Å². The van der Waals surface area contributed by atoms with Gasteiger partial charge in [0, 0.05) is 17.5 Å². The SMILES string of the molecule is Cc1ccc2c(c1)O[C@H](C(=O)NCCSC1CCCC1)CN2S(C)(=O)=O. The van der Waals surface area contributed by atoms with Crippen molar-refractivity contribution in [3.05, 3.63) is 23.8 Å². The van der Waals surface area contributed by atoms with Crippen LogP contribution in [0, 0.1) is 6.92 Å². The Kier molecular flexibility index (Phi) is 6.02. The molecule has 0 saturated heterocycles. The Labute approximate surface area is 159 Å². The highest BCUT2D eigenvalue weighted by atomic mass is 32.2. The van der Waals surface area contributed by atoms with Crippen molar-refractivity contribution in [1.82, 2.24) is 5.32 Å². The van der Waals surface area contributed by atoms with Gasteiger partial charge in [-0.1, -0.05) is 18.9 Å². The molecule has 1 fully saturated rings. The van der Waals surface area contributed by atoms with Crippen LogP contribution in [0.15, 0.2) is 18.2 Å². The molecular formula is C18H26N2O4S2. The maximum atomic E-state index is 12.5. The summed E-state index contributed by atoms with van der Waals surface area (Å²) in [6.07, 6.45) is 5.46. The number of hydrogen-bond acceptors (Lipinski definition) is 5. The van der Waals surface area contributed by atoms with Crippen molar-refractivity contribution in [2.45, 2.75) is 44.0 Å². The van der Waals surface area contributed by atoms with Crippen LogP contribution >= 0.6 is 11.8 Å². The monoisotopic (exact) mass is 398 g/mol. The van der Waals surface area contributed by atoms with E-state index in [0.29, 0.717) is 23.2 Å². The summed E-state index contributed by atoms with van der Waals surface area (Å²) >= 11 is 1.91. The highest BCUT2D eigenvalue weighted by Crippen LogP contribution is 2.35. The molecular weight excluding hydrogens is 372 g/mol. The molecule has 3 rings (SSSR count). The molecule has 6 nitrogen and oxygen atoms in total. The zero-order valence-electron chi connectivity index (χ0n) is 15.2. The number of thioether (sulfide) groups is 1. The molecule has 1 aliphatic heterocycles. The Bertz CT molecular complexity index is 760. The number of carbonyl (C=O) groups excluding carboxylic acids is 1. The summed E-state index contributed by atoms with van der Waals surface area (Å²) < 4.78 is 31.3. The van der Waals surface area contributed by atoms with Crippen molar-refractivity contribution in [3.8, 4) is 5.75 Å². The zero-order chi connectivity index (χ0) is 18.7. The molecule has 0 unspecified atom stereocenters. The summed E-state index contributed by atoms with van der Waals surface area (Å²) in [6.45, 7) is 2.47. The first kappa shape index (κ1) is 19.4. The van der Waals surface area contributed by atoms with Crippen LogP contribution in [0.25, 0.3) is 0 Å². The normalized spacial score (nSPS) is 20.5. The third-order valence-corrected chi connectivity index (χ3v) is 7.26. The molecule has 1 aromatic rings. The van der Waals surface area contributed by atoms with E-state index in [1.54, 1.807) is 12.1 Å². The summed E-state index contributed by atoms with van der Waals surface area (Å²) in [4.78, 5) is 12.5. The lowest BCUT2D eigenvalue weighted by atomic mass is 10.1. The molecule has 0 spiro atoms. The first-order valence-electron chi connectivity index (χ1n) is 8.99. The topological polar surface area (TPSA) is 75.7 Å². The fourth-order valence-electron chi connectivity index (χ4n) is 3.38. The highest BCUT2D eigenvalue weighted by Gasteiger charge is 2.34. The van der Waals surface area contributed by atoms with Crippen molar-refractivity contribution in [2.24, 2.45) is 0 Å². The van der Waals surface area contributed by atoms with Crippen molar-refractivity contribution in [2.75, 3.05) is 29.4 Å². The smallest absolute Gasteiger partial charge is 0.263 e. The quantitative estimate of drug-likeness (QED) is 0.744. The molecule has 1 saturated carbocycles. The number of nitrogens with one attached hydrogen (secondary N) is 1. The van der Waals surface area contributed by atoms with Gasteiger partial charge in [-0.05, 0) is 37.5 Å². The van der Waals surface area contributed by atoms with Crippen LogP contribution in [0.4, 0.5) is 5.69 Å². The van der Waals surface area contributed by atoms with Crippen molar-refractivity contribution in [3.63, 3.8) is 0 Å². The second kappa shape index (κ2) is 8.08. The maximum Gasteiger partial charge on any atom is 0.263 e. The first-order chi connectivity index (χ1) is 12.3. The molecule has 2 aliphatic rings. The largest absolute Gasteiger partial charge is 0.476 e. The molecule has 1 heterocycles. The second-order valence-corrected chi connectivity index (χ2v) is 10.3. The summed E-state index contributed by atoms with van der Waals surface area (Å²) in [5.74, 6) is 1.04. The summed E-state index contributed by atoms with van der Waals surface area (Å²) in [7, 11) is -3.49. The Morgan fingerprint density at radius 1 is 1.35 bits per heavy atom. The van der Waals surface area contributed by atoms with E-state index in [1.807, 2.05) is 24.8 Å². The number of ether oxygens (including phenoxy) is 1. The van der Waals surface area contributed by atoms with E-state index >= 15 is 0 Å². The van der Waals surface area contributed by atoms with Gasteiger partial charge in [-0.25, -0.2) is 8.42 Å². The molecule has 8 heteroatoms. The van der Waals surface area contributed by atoms with Gasteiger partial charge in [-0.3, -0.25) is 9.10 Å². The number of carbonyl (C=O) groups is 1. The lowest BCUT2D eigenvalue weighted by Gasteiger charge is -2.34. The van der Waals surface area contributed by atoms with E-state index in [9.17, 15) is 13.2 Å². The Morgan fingerprint density at radius 2 is 2.08 bits per heavy atom. The number of sulfonamides is 1. The second-order valence-electron chi connectivity index (χ2n) is 6.94. The van der Waals surface area contributed by atoms with E-state index in [0.717, 1.165) is 17.6 Å². The average molecular weight is 399 g/mol. The van der Waals surface area contributed by atoms with Gasteiger partial charge in [0.05, 0.1) is 18.5 Å². The highest BCUT2D eigenvalue weighted by molar-refractivity contribution is 7.99. The summed E-state index contributed by atoms with van der Waals surface area (Å²) in [5.41, 5.74) is 1.44. The van der Waals surface area contributed by atoms with Gasteiger partial charge in [-0.2, -0.15) is 11.8 Å². The van der Waals surface area contributed by atoms with Crippen LogP contribution in [0.5, 0.6) is 5.75 Å². The standard InChI is InChI=1S/C18H26N2O4S2/c1-13-7-8-15-16(11-13)24-17(12-20(15)26(2,22)23)18(21)19-9-10-25-14-5-3-4-6-14/h7-8,11,14,17H,3-6,9-10,12H2,1-2H3,(H,19,21)/t17-/m0/s1. The van der Waals surface area contributed by atoms with Crippen LogP contribution in [0.3, 0.4) is 0 Å². The van der Waals surface area contributed by atoms with Crippen LogP contribution in [0.1, 0.15) is 31.2 Å². The molecule has 0 radical (unpaired) electrons. The van der Waals surface area contributed by atoms with Crippen LogP contribution < -0.4 is 14.4 Å². The number of aryl methyl sites for hydroxylation is 1. The molecule has 0 bridgehead atoms. The number of hydrogen-bond donors (Lipinski definition) is 1. The van der Waals surface area contributed by atoms with Gasteiger partial charge in [0.25, 0.3) is 5.91 Å². The predicted octanol–water partition coefficient (Wildman–Crippen LogP) is 2.31. The third kappa shape index (κ3) is 4.65. The van der Waals surface area contributed by atoms with Gasteiger partial charge in [0.1, 0.15) is 5.75 Å². The predicted molar refractivity (Wildman–Crippen MR) is 106 cm³/mol. The van der Waals surface area contributed by atoms with E-state index in [4.69, 9.17) is 4.74 Å². The van der Waals surface area contributed by atoms with E-state index in [2.05, 4.69) is 5.32 Å². The molecule has 1 aliphatic carbocycles. The number of nitrogens with zero attached hydrogens (tertiary/aromatic N) is 1. The summed E-state index contributed by atoms with van der Waals surface area (Å²) in [6, 6.07) is 5.32. The van der Waals surface area contributed by atoms with Crippen LogP contribution in [-0.4, -0.2) is 50.8 Å². The van der Waals surface area contributed by atoms with Gasteiger partial charge >= 0.3 is 0 Å². The molecule has 1 N–H and O–H groups in total. The van der Waals surface area contributed by atoms with Crippen molar-refractivity contribution >= 4 is 33.4 Å². The lowest BCUT2D eigenvalue weighted by Crippen LogP contribution is -2.50. The molecule has 1 amide bonds. The fraction of sp³-hybridized carbons (Fsp3) is 0.611. The Hall–Kier alpha value is -1.41. The minimum Gasteiger partial charge on any atom is -0.476 e. The van der Waals surface area contributed by atoms with E-state index in [-0.39, 0.29) is 12.5 Å². The molecule has 26 heavy (non-hydrogen) atoms. The number of fused-ring (bicyclic) bond motifs is 1. The van der Waals surface area contributed by atoms with Gasteiger partial charge in [0.15, 0.2) is 6.10 Å². The fourth-order valence-corrected chi connectivity index (χ4v) is 5.51. The molecule has 1 aromatic carbocycles. The van der Waals surface area contributed by atoms with Gasteiger partial charge in [-0.15, -0.1) is 0 Å². The van der Waals surface area contributed by atoms with Crippen molar-refractivity contribution in [1.29, 1.82) is 0 Å². The summed E-state index contributed by atoms with van der Waals surface area (Å²) in [5, 5.41) is 3.60. The maximum absolute atomic E-state index is 12.5. The molecule has 1 atom stereocenters. The number of benzene rings is 1. The Morgan fingerprint density at radius 3 is 2.77 bits per heavy atom. The average Bonchev–Trinajstić information content (AvgIpc) is 3.09. The van der Waals surface area contributed by atoms with Crippen LogP contribution in [-0.2, 0) is 14.8 Å².